The molecule has 0 radical (unpaired) electrons. The van der Waals surface area contributed by atoms with Gasteiger partial charge >= 0.3 is 0 Å². The Morgan fingerprint density at radius 1 is 1.00 bits per heavy atom. The van der Waals surface area contributed by atoms with Gasteiger partial charge in [-0.3, -0.25) is 4.90 Å². The van der Waals surface area contributed by atoms with E-state index in [-0.39, 0.29) is 12.5 Å². The van der Waals surface area contributed by atoms with E-state index < -0.39 is 0 Å². The molecule has 1 N–H and O–H groups in total. The Labute approximate surface area is 141 Å². The fraction of sp³-hybridized carbons (Fsp3) is 0.211. The second-order valence-electron chi connectivity index (χ2n) is 5.60. The third-order valence-corrected chi connectivity index (χ3v) is 4.17. The van der Waals surface area contributed by atoms with Crippen LogP contribution < -0.4 is 15.1 Å². The maximum absolute atomic E-state index is 6.13. The van der Waals surface area contributed by atoms with Crippen LogP contribution in [0.5, 0.6) is 0 Å². The van der Waals surface area contributed by atoms with E-state index in [1.807, 2.05) is 49.5 Å². The van der Waals surface area contributed by atoms with Gasteiger partial charge in [0.2, 0.25) is 6.35 Å². The van der Waals surface area contributed by atoms with Crippen LogP contribution in [0.25, 0.3) is 0 Å². The van der Waals surface area contributed by atoms with Gasteiger partial charge in [-0.25, -0.2) is 4.99 Å². The molecule has 2 aromatic rings. The van der Waals surface area contributed by atoms with Crippen LogP contribution in [0.4, 0.5) is 11.4 Å². The maximum Gasteiger partial charge on any atom is 0.217 e. The molecule has 0 spiro atoms. The fourth-order valence-corrected chi connectivity index (χ4v) is 3.19. The average molecular weight is 320 g/mol. The normalized spacial score (nSPS) is 22.1. The van der Waals surface area contributed by atoms with E-state index >= 15 is 0 Å². The van der Waals surface area contributed by atoms with Crippen LogP contribution in [0, 0.1) is 0 Å². The van der Waals surface area contributed by atoms with Gasteiger partial charge in [0.1, 0.15) is 0 Å². The van der Waals surface area contributed by atoms with Crippen molar-refractivity contribution in [2.24, 2.45) is 4.99 Å². The van der Waals surface area contributed by atoms with Crippen molar-refractivity contribution in [2.75, 3.05) is 16.4 Å². The zero-order chi connectivity index (χ0) is 16.4. The number of amidine groups is 1. The van der Waals surface area contributed by atoms with E-state index in [1.165, 1.54) is 0 Å². The summed E-state index contributed by atoms with van der Waals surface area (Å²) in [6.07, 6.45) is 3.35. The van der Waals surface area contributed by atoms with Crippen molar-refractivity contribution in [1.29, 1.82) is 0 Å². The number of fused-ring (bicyclic) bond motifs is 1. The molecular weight excluding hydrogens is 300 g/mol. The van der Waals surface area contributed by atoms with Gasteiger partial charge in [-0.1, -0.05) is 36.4 Å². The van der Waals surface area contributed by atoms with Crippen LogP contribution in [0.3, 0.4) is 0 Å². The van der Waals surface area contributed by atoms with Crippen LogP contribution in [0.15, 0.2) is 78.1 Å². The molecule has 0 amide bonds. The molecule has 0 bridgehead atoms. The summed E-state index contributed by atoms with van der Waals surface area (Å²) in [4.78, 5) is 9.01. The number of hydrogen-bond acceptors (Lipinski definition) is 5. The number of aliphatic imine (C=N–C) groups is 1. The zero-order valence-electron chi connectivity index (χ0n) is 13.5. The molecule has 1 fully saturated rings. The molecule has 2 aromatic carbocycles. The van der Waals surface area contributed by atoms with Gasteiger partial charge in [0, 0.05) is 30.4 Å². The number of ether oxygens (including phenoxy) is 1. The topological polar surface area (TPSA) is 40.1 Å². The Morgan fingerprint density at radius 3 is 2.33 bits per heavy atom. The SMILES string of the molecule is CCOC1N(c2ccccc2)C2=NC=CNC2N1c1ccccc1. The van der Waals surface area contributed by atoms with E-state index in [2.05, 4.69) is 44.4 Å². The predicted octanol–water partition coefficient (Wildman–Crippen LogP) is 3.13. The number of nitrogens with one attached hydrogen (secondary N) is 1. The van der Waals surface area contributed by atoms with Gasteiger partial charge in [0.05, 0.1) is 0 Å². The predicted molar refractivity (Wildman–Crippen MR) is 96.8 cm³/mol. The lowest BCUT2D eigenvalue weighted by molar-refractivity contribution is 0.0722. The molecule has 0 aromatic heterocycles. The smallest absolute Gasteiger partial charge is 0.217 e. The Bertz CT molecular complexity index is 744. The van der Waals surface area contributed by atoms with Crippen molar-refractivity contribution in [2.45, 2.75) is 19.4 Å². The van der Waals surface area contributed by atoms with Crippen LogP contribution in [-0.4, -0.2) is 25.0 Å². The summed E-state index contributed by atoms with van der Waals surface area (Å²) >= 11 is 0. The highest BCUT2D eigenvalue weighted by atomic mass is 16.5. The van der Waals surface area contributed by atoms with Gasteiger partial charge in [-0.2, -0.15) is 0 Å². The average Bonchev–Trinajstić information content (AvgIpc) is 2.97. The number of anilines is 2. The highest BCUT2D eigenvalue weighted by molar-refractivity contribution is 6.07. The monoisotopic (exact) mass is 320 g/mol. The molecule has 2 heterocycles. The van der Waals surface area contributed by atoms with Crippen molar-refractivity contribution in [1.82, 2.24) is 5.32 Å². The molecule has 2 atom stereocenters. The number of nitrogens with zero attached hydrogens (tertiary/aromatic N) is 3. The molecule has 2 aliphatic rings. The molecule has 2 aliphatic heterocycles. The van der Waals surface area contributed by atoms with E-state index in [4.69, 9.17) is 4.74 Å². The summed E-state index contributed by atoms with van der Waals surface area (Å²) in [6, 6.07) is 20.5. The first-order valence-electron chi connectivity index (χ1n) is 8.18. The van der Waals surface area contributed by atoms with Crippen LogP contribution in [0.2, 0.25) is 0 Å². The minimum atomic E-state index is -0.254. The summed E-state index contributed by atoms with van der Waals surface area (Å²) in [6.45, 7) is 2.63. The fourth-order valence-electron chi connectivity index (χ4n) is 3.19. The summed E-state index contributed by atoms with van der Waals surface area (Å²) in [5.41, 5.74) is 2.16. The summed E-state index contributed by atoms with van der Waals surface area (Å²) in [7, 11) is 0. The molecule has 24 heavy (non-hydrogen) atoms. The summed E-state index contributed by atoms with van der Waals surface area (Å²) in [5.74, 6) is 0.936. The van der Waals surface area contributed by atoms with Crippen LogP contribution in [-0.2, 0) is 4.74 Å². The van der Waals surface area contributed by atoms with Gasteiger partial charge in [0.25, 0.3) is 0 Å². The molecular formula is C19H20N4O. The molecule has 5 heteroatoms. The Hall–Kier alpha value is -2.79. The Morgan fingerprint density at radius 2 is 1.67 bits per heavy atom. The van der Waals surface area contributed by atoms with Gasteiger partial charge in [-0.15, -0.1) is 0 Å². The lowest BCUT2D eigenvalue weighted by Crippen LogP contribution is -2.47. The molecule has 5 nitrogen and oxygen atoms in total. The van der Waals surface area contributed by atoms with E-state index in [0.717, 1.165) is 17.2 Å². The quantitative estimate of drug-likeness (QED) is 0.939. The van der Waals surface area contributed by atoms with Crippen molar-refractivity contribution < 1.29 is 4.74 Å². The Balaban J connectivity index is 1.82. The Kier molecular flexibility index (Phi) is 3.92. The first-order chi connectivity index (χ1) is 11.9. The minimum Gasteiger partial charge on any atom is -0.364 e. The summed E-state index contributed by atoms with van der Waals surface area (Å²) in [5, 5.41) is 3.41. The van der Waals surface area contributed by atoms with Crippen LogP contribution in [0.1, 0.15) is 6.92 Å². The molecule has 0 aliphatic carbocycles. The number of para-hydroxylation sites is 2. The highest BCUT2D eigenvalue weighted by Crippen LogP contribution is 2.34. The molecule has 0 saturated carbocycles. The van der Waals surface area contributed by atoms with Gasteiger partial charge < -0.3 is 15.0 Å². The molecule has 122 valence electrons. The molecule has 2 unspecified atom stereocenters. The first kappa shape index (κ1) is 14.8. The summed E-state index contributed by atoms with van der Waals surface area (Å²) < 4.78 is 6.13. The lowest BCUT2D eigenvalue weighted by Gasteiger charge is -2.32. The van der Waals surface area contributed by atoms with Crippen LogP contribution >= 0.6 is 0 Å². The number of hydrogen-bond donors (Lipinski definition) is 1. The number of benzene rings is 2. The lowest BCUT2D eigenvalue weighted by atomic mass is 10.2. The molecule has 4 rings (SSSR count). The van der Waals surface area contributed by atoms with E-state index in [1.54, 1.807) is 6.20 Å². The highest BCUT2D eigenvalue weighted by Gasteiger charge is 2.46. The van der Waals surface area contributed by atoms with Gasteiger partial charge in [0.15, 0.2) is 12.0 Å². The third kappa shape index (κ3) is 2.43. The largest absolute Gasteiger partial charge is 0.364 e. The zero-order valence-corrected chi connectivity index (χ0v) is 13.5. The van der Waals surface area contributed by atoms with Crippen molar-refractivity contribution in [3.05, 3.63) is 73.1 Å². The minimum absolute atomic E-state index is 0.0610. The maximum atomic E-state index is 6.13. The van der Waals surface area contributed by atoms with E-state index in [9.17, 15) is 0 Å². The number of rotatable bonds is 4. The van der Waals surface area contributed by atoms with E-state index in [0.29, 0.717) is 6.61 Å². The second kappa shape index (κ2) is 6.37. The second-order valence-corrected chi connectivity index (χ2v) is 5.60. The first-order valence-corrected chi connectivity index (χ1v) is 8.18. The van der Waals surface area contributed by atoms with Gasteiger partial charge in [-0.05, 0) is 31.2 Å². The molecule has 1 saturated heterocycles. The van der Waals surface area contributed by atoms with Crippen molar-refractivity contribution in [3.8, 4) is 0 Å². The third-order valence-electron chi connectivity index (χ3n) is 4.17. The van der Waals surface area contributed by atoms with Crippen molar-refractivity contribution >= 4 is 17.2 Å². The van der Waals surface area contributed by atoms with Crippen molar-refractivity contribution in [3.63, 3.8) is 0 Å². The standard InChI is InChI=1S/C19H20N4O/c1-2-24-19-22(15-9-5-3-6-10-15)17-18(21-14-13-20-17)23(19)16-11-7-4-8-12-16/h3-14,17,19-20H,2H2,1H3.